The number of phenolic OH excluding ortho intramolecular Hbond substituents is 1. The SMILES string of the molecule is CC(=O)C(CN(C)C)CN(C)C.O=[N+]([O-])c1cc([N+](=O)[O-])c(O)c([N+](=O)[O-])c1. The smallest absolute Gasteiger partial charge is 0.324 e. The van der Waals surface area contributed by atoms with Crippen molar-refractivity contribution >= 4 is 22.8 Å². The first kappa shape index (κ1) is 24.8. The molecule has 1 aromatic rings. The van der Waals surface area contributed by atoms with Gasteiger partial charge in [0.15, 0.2) is 0 Å². The number of nitro groups is 3. The van der Waals surface area contributed by atoms with Crippen LogP contribution in [0.1, 0.15) is 6.92 Å². The molecule has 0 aliphatic heterocycles. The predicted molar refractivity (Wildman–Crippen MR) is 99.3 cm³/mol. The van der Waals surface area contributed by atoms with Gasteiger partial charge < -0.3 is 14.9 Å². The van der Waals surface area contributed by atoms with Crippen LogP contribution in [0.15, 0.2) is 12.1 Å². The van der Waals surface area contributed by atoms with Crippen LogP contribution in [0, 0.1) is 36.3 Å². The summed E-state index contributed by atoms with van der Waals surface area (Å²) in [5.74, 6) is -0.784. The zero-order valence-electron chi connectivity index (χ0n) is 16.2. The Labute approximate surface area is 160 Å². The van der Waals surface area contributed by atoms with E-state index in [4.69, 9.17) is 5.11 Å². The second kappa shape index (κ2) is 10.8. The molecular formula is C15H23N5O8. The van der Waals surface area contributed by atoms with Gasteiger partial charge in [-0.05, 0) is 35.1 Å². The Balaban J connectivity index is 0.000000546. The van der Waals surface area contributed by atoms with Crippen LogP contribution in [-0.2, 0) is 4.79 Å². The lowest BCUT2D eigenvalue weighted by Crippen LogP contribution is -2.34. The molecule has 13 nitrogen and oxygen atoms in total. The molecule has 0 atom stereocenters. The Bertz CT molecular complexity index is 705. The van der Waals surface area contributed by atoms with Crippen LogP contribution < -0.4 is 0 Å². The summed E-state index contributed by atoms with van der Waals surface area (Å²) < 4.78 is 0. The summed E-state index contributed by atoms with van der Waals surface area (Å²) >= 11 is 0. The zero-order chi connectivity index (χ0) is 22.2. The molecular weight excluding hydrogens is 378 g/mol. The molecule has 0 saturated heterocycles. The third-order valence-electron chi connectivity index (χ3n) is 3.40. The molecule has 156 valence electrons. The van der Waals surface area contributed by atoms with Gasteiger partial charge in [0, 0.05) is 19.0 Å². The maximum Gasteiger partial charge on any atom is 0.324 e. The highest BCUT2D eigenvalue weighted by Gasteiger charge is 2.30. The number of carbonyl (C=O) groups is 1. The molecule has 0 aromatic heterocycles. The first-order valence-electron chi connectivity index (χ1n) is 7.88. The molecule has 0 amide bonds. The van der Waals surface area contributed by atoms with E-state index in [0.29, 0.717) is 12.1 Å². The third-order valence-corrected chi connectivity index (χ3v) is 3.40. The zero-order valence-corrected chi connectivity index (χ0v) is 16.2. The molecule has 0 spiro atoms. The fourth-order valence-electron chi connectivity index (χ4n) is 2.17. The number of nitrogens with zero attached hydrogens (tertiary/aromatic N) is 5. The second-order valence-corrected chi connectivity index (χ2v) is 6.44. The van der Waals surface area contributed by atoms with Crippen molar-refractivity contribution in [3.05, 3.63) is 42.5 Å². The number of nitro benzene ring substituents is 3. The summed E-state index contributed by atoms with van der Waals surface area (Å²) in [5, 5.41) is 40.2. The van der Waals surface area contributed by atoms with Crippen LogP contribution in [0.3, 0.4) is 0 Å². The first-order valence-corrected chi connectivity index (χ1v) is 7.88. The quantitative estimate of drug-likeness (QED) is 0.495. The van der Waals surface area contributed by atoms with E-state index in [1.54, 1.807) is 6.92 Å². The standard InChI is InChI=1S/C9H20N2O.C6H3N3O7/c1-8(12)9(6-10(2)3)7-11(4)5;10-6-4(8(13)14)1-3(7(11)12)2-5(6)9(15)16/h9H,6-7H2,1-5H3;1-2,10H. The monoisotopic (exact) mass is 401 g/mol. The van der Waals surface area contributed by atoms with Crippen molar-refractivity contribution in [2.75, 3.05) is 41.3 Å². The number of hydrogen-bond donors (Lipinski definition) is 1. The van der Waals surface area contributed by atoms with E-state index in [2.05, 4.69) is 9.80 Å². The normalized spacial score (nSPS) is 10.6. The van der Waals surface area contributed by atoms with Crippen LogP contribution in [0.2, 0.25) is 0 Å². The Hall–Kier alpha value is -3.19. The van der Waals surface area contributed by atoms with Crippen molar-refractivity contribution in [3.63, 3.8) is 0 Å². The van der Waals surface area contributed by atoms with Crippen LogP contribution in [-0.4, -0.2) is 76.7 Å². The number of hydrogen-bond acceptors (Lipinski definition) is 10. The van der Waals surface area contributed by atoms with Crippen molar-refractivity contribution in [3.8, 4) is 5.75 Å². The molecule has 0 radical (unpaired) electrons. The summed E-state index contributed by atoms with van der Waals surface area (Å²) in [6, 6.07) is 0.894. The average Bonchev–Trinajstić information content (AvgIpc) is 2.53. The third kappa shape index (κ3) is 8.01. The summed E-state index contributed by atoms with van der Waals surface area (Å²) in [7, 11) is 7.97. The van der Waals surface area contributed by atoms with Crippen LogP contribution >= 0.6 is 0 Å². The number of phenols is 1. The minimum Gasteiger partial charge on any atom is -0.497 e. The van der Waals surface area contributed by atoms with Gasteiger partial charge in [-0.1, -0.05) is 0 Å². The number of ketones is 1. The Morgan fingerprint density at radius 1 is 0.929 bits per heavy atom. The predicted octanol–water partition coefficient (Wildman–Crippen LogP) is 1.43. The number of benzene rings is 1. The summed E-state index contributed by atoms with van der Waals surface area (Å²) in [4.78, 5) is 43.0. The Kier molecular flexibility index (Phi) is 9.60. The average molecular weight is 401 g/mol. The van der Waals surface area contributed by atoms with Crippen LogP contribution in [0.5, 0.6) is 5.75 Å². The maximum atomic E-state index is 11.2. The van der Waals surface area contributed by atoms with E-state index in [1.165, 1.54) is 0 Å². The molecule has 1 rings (SSSR count). The summed E-state index contributed by atoms with van der Waals surface area (Å²) in [5.41, 5.74) is -3.00. The molecule has 1 N–H and O–H groups in total. The maximum absolute atomic E-state index is 11.2. The molecule has 0 aliphatic rings. The molecule has 1 aromatic carbocycles. The van der Waals surface area contributed by atoms with Crippen LogP contribution in [0.25, 0.3) is 0 Å². The van der Waals surface area contributed by atoms with Gasteiger partial charge in [0.2, 0.25) is 0 Å². The Morgan fingerprint density at radius 2 is 1.29 bits per heavy atom. The highest BCUT2D eigenvalue weighted by Crippen LogP contribution is 2.38. The van der Waals surface area contributed by atoms with Gasteiger partial charge in [-0.2, -0.15) is 0 Å². The minimum absolute atomic E-state index is 0.148. The van der Waals surface area contributed by atoms with Gasteiger partial charge in [-0.15, -0.1) is 0 Å². The highest BCUT2D eigenvalue weighted by molar-refractivity contribution is 5.78. The van der Waals surface area contributed by atoms with E-state index in [9.17, 15) is 35.1 Å². The number of Topliss-reactive ketones (excluding diaryl/α,β-unsaturated/α-hetero) is 1. The van der Waals surface area contributed by atoms with Crippen molar-refractivity contribution in [2.24, 2.45) is 5.92 Å². The topological polar surface area (TPSA) is 173 Å². The van der Waals surface area contributed by atoms with Crippen molar-refractivity contribution in [2.45, 2.75) is 6.92 Å². The van der Waals surface area contributed by atoms with E-state index >= 15 is 0 Å². The van der Waals surface area contributed by atoms with Gasteiger partial charge in [0.05, 0.1) is 26.9 Å². The fraction of sp³-hybridized carbons (Fsp3) is 0.533. The highest BCUT2D eigenvalue weighted by atomic mass is 16.6. The number of non-ortho nitro benzene ring substituents is 1. The van der Waals surface area contributed by atoms with Gasteiger partial charge >= 0.3 is 11.4 Å². The summed E-state index contributed by atoms with van der Waals surface area (Å²) in [6.45, 7) is 3.35. The second-order valence-electron chi connectivity index (χ2n) is 6.44. The molecule has 0 heterocycles. The Morgan fingerprint density at radius 3 is 1.50 bits per heavy atom. The lowest BCUT2D eigenvalue weighted by atomic mass is 10.0. The fourth-order valence-corrected chi connectivity index (χ4v) is 2.17. The minimum atomic E-state index is -1.21. The van der Waals surface area contributed by atoms with Gasteiger partial charge in [0.1, 0.15) is 5.78 Å². The number of aromatic hydroxyl groups is 1. The van der Waals surface area contributed by atoms with E-state index in [-0.39, 0.29) is 11.7 Å². The van der Waals surface area contributed by atoms with Gasteiger partial charge in [0.25, 0.3) is 11.4 Å². The number of rotatable bonds is 8. The lowest BCUT2D eigenvalue weighted by molar-refractivity contribution is -0.404. The van der Waals surface area contributed by atoms with Gasteiger partial charge in [-0.25, -0.2) is 0 Å². The van der Waals surface area contributed by atoms with Crippen molar-refractivity contribution in [1.82, 2.24) is 9.80 Å². The van der Waals surface area contributed by atoms with Crippen molar-refractivity contribution in [1.29, 1.82) is 0 Å². The van der Waals surface area contributed by atoms with Crippen molar-refractivity contribution < 1.29 is 24.7 Å². The summed E-state index contributed by atoms with van der Waals surface area (Å²) in [6.07, 6.45) is 0. The molecule has 0 unspecified atom stereocenters. The van der Waals surface area contributed by atoms with Crippen LogP contribution in [0.4, 0.5) is 17.1 Å². The molecule has 0 bridgehead atoms. The molecule has 13 heteroatoms. The molecule has 0 fully saturated rings. The van der Waals surface area contributed by atoms with E-state index in [0.717, 1.165) is 13.1 Å². The first-order chi connectivity index (χ1) is 12.8. The molecule has 0 aliphatic carbocycles. The van der Waals surface area contributed by atoms with E-state index < -0.39 is 37.6 Å². The van der Waals surface area contributed by atoms with Gasteiger partial charge in [-0.3, -0.25) is 35.1 Å². The lowest BCUT2D eigenvalue weighted by Gasteiger charge is -2.21. The van der Waals surface area contributed by atoms with E-state index in [1.807, 2.05) is 28.2 Å². The molecule has 0 saturated carbocycles. The number of carbonyl (C=O) groups excluding carboxylic acids is 1. The molecule has 28 heavy (non-hydrogen) atoms. The largest absolute Gasteiger partial charge is 0.497 e.